The van der Waals surface area contributed by atoms with E-state index < -0.39 is 18.0 Å². The fourth-order valence-corrected chi connectivity index (χ4v) is 2.26. The van der Waals surface area contributed by atoms with Gasteiger partial charge in [0, 0.05) is 6.04 Å². The number of rotatable bonds is 5. The van der Waals surface area contributed by atoms with Crippen LogP contribution in [0, 0.1) is 0 Å². The Balaban J connectivity index is 2.88. The zero-order valence-corrected chi connectivity index (χ0v) is 10.2. The molecule has 1 aliphatic heterocycles. The molecule has 1 saturated heterocycles. The predicted molar refractivity (Wildman–Crippen MR) is 61.8 cm³/mol. The van der Waals surface area contributed by atoms with Gasteiger partial charge in [-0.2, -0.15) is 0 Å². The summed E-state index contributed by atoms with van der Waals surface area (Å²) in [6.45, 7) is 3.58. The van der Waals surface area contributed by atoms with Crippen LogP contribution >= 0.6 is 0 Å². The molecule has 1 rings (SSSR count). The van der Waals surface area contributed by atoms with Gasteiger partial charge in [0.1, 0.15) is 12.1 Å². The second-order valence-electron chi connectivity index (χ2n) is 4.30. The van der Waals surface area contributed by atoms with Gasteiger partial charge in [-0.1, -0.05) is 6.92 Å². The van der Waals surface area contributed by atoms with Crippen molar-refractivity contribution in [2.45, 2.75) is 51.2 Å². The standard InChI is InChI=1S/C11H19N3O3/c1-3-8-4-5-9(13-6-15)11(17)14(8)7(2)10(12)16/h6-9H,3-5H2,1-2H3,(H2,12,16)(H,13,15)/t7-,8+,9-/m0/s1. The lowest BCUT2D eigenvalue weighted by atomic mass is 9.94. The largest absolute Gasteiger partial charge is 0.368 e. The number of likely N-dealkylation sites (tertiary alicyclic amines) is 1. The molecule has 0 aromatic carbocycles. The number of nitrogens with zero attached hydrogens (tertiary/aromatic N) is 1. The Morgan fingerprint density at radius 3 is 2.76 bits per heavy atom. The Labute approximate surface area is 101 Å². The van der Waals surface area contributed by atoms with Crippen LogP contribution in [0.5, 0.6) is 0 Å². The van der Waals surface area contributed by atoms with E-state index in [-0.39, 0.29) is 11.9 Å². The van der Waals surface area contributed by atoms with Gasteiger partial charge in [0.05, 0.1) is 0 Å². The smallest absolute Gasteiger partial charge is 0.246 e. The molecule has 1 fully saturated rings. The number of carbonyl (C=O) groups excluding carboxylic acids is 3. The van der Waals surface area contributed by atoms with Crippen LogP contribution in [-0.4, -0.2) is 41.2 Å². The Kier molecular flexibility index (Phi) is 4.48. The summed E-state index contributed by atoms with van der Waals surface area (Å²) in [7, 11) is 0. The van der Waals surface area contributed by atoms with Crippen molar-refractivity contribution in [1.29, 1.82) is 0 Å². The minimum absolute atomic E-state index is 0.0229. The van der Waals surface area contributed by atoms with Crippen molar-refractivity contribution >= 4 is 18.2 Å². The number of primary amides is 1. The van der Waals surface area contributed by atoms with Crippen LogP contribution in [0.4, 0.5) is 0 Å². The van der Waals surface area contributed by atoms with E-state index in [2.05, 4.69) is 5.32 Å². The third-order valence-corrected chi connectivity index (χ3v) is 3.30. The molecule has 1 aliphatic rings. The highest BCUT2D eigenvalue weighted by molar-refractivity contribution is 5.90. The van der Waals surface area contributed by atoms with Gasteiger partial charge in [-0.25, -0.2) is 0 Å². The van der Waals surface area contributed by atoms with Crippen LogP contribution in [0.2, 0.25) is 0 Å². The molecule has 3 N–H and O–H groups in total. The quantitative estimate of drug-likeness (QED) is 0.628. The molecule has 0 aromatic rings. The molecule has 6 nitrogen and oxygen atoms in total. The fourth-order valence-electron chi connectivity index (χ4n) is 2.26. The van der Waals surface area contributed by atoms with E-state index in [1.165, 1.54) is 4.90 Å². The van der Waals surface area contributed by atoms with Gasteiger partial charge in [-0.15, -0.1) is 0 Å². The zero-order chi connectivity index (χ0) is 13.0. The first-order chi connectivity index (χ1) is 8.02. The summed E-state index contributed by atoms with van der Waals surface area (Å²) in [5.41, 5.74) is 5.24. The molecule has 0 saturated carbocycles. The maximum absolute atomic E-state index is 12.1. The third kappa shape index (κ3) is 2.75. The first kappa shape index (κ1) is 13.5. The third-order valence-electron chi connectivity index (χ3n) is 3.30. The predicted octanol–water partition coefficient (Wildman–Crippen LogP) is -0.624. The monoisotopic (exact) mass is 241 g/mol. The van der Waals surface area contributed by atoms with Crippen LogP contribution in [0.15, 0.2) is 0 Å². The molecule has 0 bridgehead atoms. The molecule has 0 aromatic heterocycles. The average Bonchev–Trinajstić information content (AvgIpc) is 2.30. The van der Waals surface area contributed by atoms with Crippen molar-refractivity contribution < 1.29 is 14.4 Å². The second kappa shape index (κ2) is 5.65. The summed E-state index contributed by atoms with van der Waals surface area (Å²) >= 11 is 0. The van der Waals surface area contributed by atoms with E-state index >= 15 is 0 Å². The van der Waals surface area contributed by atoms with Crippen molar-refractivity contribution in [2.75, 3.05) is 0 Å². The van der Waals surface area contributed by atoms with Crippen molar-refractivity contribution in [3.8, 4) is 0 Å². The molecule has 3 amide bonds. The maximum atomic E-state index is 12.1. The van der Waals surface area contributed by atoms with E-state index in [0.29, 0.717) is 12.8 Å². The Bertz CT molecular complexity index is 319. The first-order valence-corrected chi connectivity index (χ1v) is 5.84. The fraction of sp³-hybridized carbons (Fsp3) is 0.727. The Morgan fingerprint density at radius 2 is 2.29 bits per heavy atom. The number of hydrogen-bond acceptors (Lipinski definition) is 3. The zero-order valence-electron chi connectivity index (χ0n) is 10.2. The van der Waals surface area contributed by atoms with Crippen molar-refractivity contribution in [2.24, 2.45) is 5.73 Å². The first-order valence-electron chi connectivity index (χ1n) is 5.84. The molecule has 96 valence electrons. The SMILES string of the molecule is CC[C@@H]1CC[C@H](NC=O)C(=O)N1[C@@H](C)C(N)=O. The molecule has 0 unspecified atom stereocenters. The van der Waals surface area contributed by atoms with Crippen LogP contribution < -0.4 is 11.1 Å². The van der Waals surface area contributed by atoms with Crippen LogP contribution in [0.3, 0.4) is 0 Å². The summed E-state index contributed by atoms with van der Waals surface area (Å²) in [6, 6.07) is -1.14. The molecule has 3 atom stereocenters. The summed E-state index contributed by atoms with van der Waals surface area (Å²) in [5, 5.41) is 2.48. The highest BCUT2D eigenvalue weighted by atomic mass is 16.2. The molecule has 1 heterocycles. The summed E-state index contributed by atoms with van der Waals surface area (Å²) in [6.07, 6.45) is 2.67. The molecular weight excluding hydrogens is 222 g/mol. The maximum Gasteiger partial charge on any atom is 0.246 e. The van der Waals surface area contributed by atoms with E-state index in [9.17, 15) is 14.4 Å². The van der Waals surface area contributed by atoms with Gasteiger partial charge in [-0.3, -0.25) is 14.4 Å². The molecule has 0 aliphatic carbocycles. The van der Waals surface area contributed by atoms with Crippen molar-refractivity contribution in [3.63, 3.8) is 0 Å². The number of carbonyl (C=O) groups is 3. The van der Waals surface area contributed by atoms with Gasteiger partial charge >= 0.3 is 0 Å². The summed E-state index contributed by atoms with van der Waals surface area (Å²) < 4.78 is 0. The van der Waals surface area contributed by atoms with Gasteiger partial charge in [0.2, 0.25) is 18.2 Å². The lowest BCUT2D eigenvalue weighted by Crippen LogP contribution is -2.60. The Morgan fingerprint density at radius 1 is 1.65 bits per heavy atom. The molecule has 0 radical (unpaired) electrons. The van der Waals surface area contributed by atoms with Crippen LogP contribution in [0.1, 0.15) is 33.1 Å². The van der Waals surface area contributed by atoms with Gasteiger partial charge in [-0.05, 0) is 26.2 Å². The van der Waals surface area contributed by atoms with E-state index in [4.69, 9.17) is 5.73 Å². The minimum atomic E-state index is -0.635. The Hall–Kier alpha value is -1.59. The van der Waals surface area contributed by atoms with Gasteiger partial charge < -0.3 is 16.0 Å². The second-order valence-corrected chi connectivity index (χ2v) is 4.30. The van der Waals surface area contributed by atoms with Gasteiger partial charge in [0.25, 0.3) is 0 Å². The summed E-state index contributed by atoms with van der Waals surface area (Å²) in [5.74, 6) is -0.745. The number of nitrogens with two attached hydrogens (primary N) is 1. The number of nitrogens with one attached hydrogen (secondary N) is 1. The van der Waals surface area contributed by atoms with Crippen LogP contribution in [-0.2, 0) is 14.4 Å². The van der Waals surface area contributed by atoms with Crippen molar-refractivity contribution in [3.05, 3.63) is 0 Å². The minimum Gasteiger partial charge on any atom is -0.368 e. The molecule has 17 heavy (non-hydrogen) atoms. The lowest BCUT2D eigenvalue weighted by molar-refractivity contribution is -0.147. The number of piperidine rings is 1. The van der Waals surface area contributed by atoms with Gasteiger partial charge in [0.15, 0.2) is 0 Å². The normalized spacial score (nSPS) is 26.5. The van der Waals surface area contributed by atoms with E-state index in [0.717, 1.165) is 12.8 Å². The van der Waals surface area contributed by atoms with E-state index in [1.54, 1.807) is 6.92 Å². The number of hydrogen-bond donors (Lipinski definition) is 2. The topological polar surface area (TPSA) is 92.5 Å². The highest BCUT2D eigenvalue weighted by Crippen LogP contribution is 2.23. The molecular formula is C11H19N3O3. The van der Waals surface area contributed by atoms with Crippen molar-refractivity contribution in [1.82, 2.24) is 10.2 Å². The van der Waals surface area contributed by atoms with Crippen LogP contribution in [0.25, 0.3) is 0 Å². The average molecular weight is 241 g/mol. The lowest BCUT2D eigenvalue weighted by Gasteiger charge is -2.41. The number of amides is 3. The molecule has 0 spiro atoms. The van der Waals surface area contributed by atoms with E-state index in [1.807, 2.05) is 6.92 Å². The molecule has 6 heteroatoms. The summed E-state index contributed by atoms with van der Waals surface area (Å²) in [4.78, 5) is 35.2. The highest BCUT2D eigenvalue weighted by Gasteiger charge is 2.38.